The number of hydrogen-bond donors (Lipinski definition) is 1. The van der Waals surface area contributed by atoms with Crippen LogP contribution in [0, 0.1) is 5.92 Å². The average Bonchev–Trinajstić information content (AvgIpc) is 2.09. The topological polar surface area (TPSA) is 44.7 Å². The summed E-state index contributed by atoms with van der Waals surface area (Å²) < 4.78 is 0. The number of carbonyl (C=O) groups excluding carboxylic acids is 1. The molecule has 0 saturated heterocycles. The Morgan fingerprint density at radius 1 is 1.64 bits per heavy atom. The number of amidine groups is 1. The Hall–Kier alpha value is -0.970. The molecule has 0 bridgehead atoms. The van der Waals surface area contributed by atoms with Crippen molar-refractivity contribution in [2.24, 2.45) is 10.9 Å². The highest BCUT2D eigenvalue weighted by molar-refractivity contribution is 8.13. The molecule has 0 fully saturated rings. The molecule has 1 aliphatic rings. The van der Waals surface area contributed by atoms with Crippen molar-refractivity contribution >= 4 is 22.8 Å². The summed E-state index contributed by atoms with van der Waals surface area (Å²) >= 11 is 1.62. The molecule has 0 aromatic heterocycles. The zero-order chi connectivity index (χ0) is 10.7. The Labute approximate surface area is 88.4 Å². The van der Waals surface area contributed by atoms with Gasteiger partial charge in [-0.1, -0.05) is 32.2 Å². The Morgan fingerprint density at radius 3 is 2.86 bits per heavy atom. The number of thioether (sulfide) groups is 1. The van der Waals surface area contributed by atoms with E-state index in [4.69, 9.17) is 0 Å². The maximum atomic E-state index is 11.1. The van der Waals surface area contributed by atoms with Crippen LogP contribution in [0.2, 0.25) is 0 Å². The summed E-state index contributed by atoms with van der Waals surface area (Å²) in [7, 11) is 1.77. The first-order valence-electron chi connectivity index (χ1n) is 4.46. The largest absolute Gasteiger partial charge is 0.287 e. The van der Waals surface area contributed by atoms with Crippen molar-refractivity contribution in [2.75, 3.05) is 12.8 Å². The van der Waals surface area contributed by atoms with Crippen molar-refractivity contribution in [1.82, 2.24) is 10.4 Å². The van der Waals surface area contributed by atoms with E-state index in [1.807, 2.05) is 0 Å². The second-order valence-electron chi connectivity index (χ2n) is 3.55. The third-order valence-electron chi connectivity index (χ3n) is 1.59. The lowest BCUT2D eigenvalue weighted by Crippen LogP contribution is -2.46. The van der Waals surface area contributed by atoms with Crippen molar-refractivity contribution in [3.63, 3.8) is 0 Å². The van der Waals surface area contributed by atoms with E-state index in [2.05, 4.69) is 30.8 Å². The van der Waals surface area contributed by atoms with Crippen LogP contribution in [0.25, 0.3) is 0 Å². The number of nitrogens with one attached hydrogen (secondary N) is 1. The summed E-state index contributed by atoms with van der Waals surface area (Å²) in [5.74, 6) is 1.34. The second-order valence-corrected chi connectivity index (χ2v) is 4.53. The molecule has 0 saturated carbocycles. The Balaban J connectivity index is 2.63. The van der Waals surface area contributed by atoms with Crippen LogP contribution in [0.1, 0.15) is 13.8 Å². The highest BCUT2D eigenvalue weighted by Crippen LogP contribution is 2.15. The minimum Gasteiger partial charge on any atom is -0.266 e. The maximum Gasteiger partial charge on any atom is 0.287 e. The third-order valence-corrected chi connectivity index (χ3v) is 3.05. The van der Waals surface area contributed by atoms with Crippen molar-refractivity contribution < 1.29 is 4.79 Å². The molecule has 4 nitrogen and oxygen atoms in total. The summed E-state index contributed by atoms with van der Waals surface area (Å²) in [6.45, 7) is 7.85. The number of carbonyl (C=O) groups is 1. The fourth-order valence-corrected chi connectivity index (χ4v) is 1.77. The standard InChI is InChI=1S/C9H15N3OS/c1-6(2)5-14-9-10-7(3)8(13)11-12(9)4/h6H,3,5H2,1-2,4H3,(H,11,13). The molecular formula is C9H15N3OS. The molecule has 1 heterocycles. The van der Waals surface area contributed by atoms with Gasteiger partial charge in [0.2, 0.25) is 0 Å². The summed E-state index contributed by atoms with van der Waals surface area (Å²) in [6.07, 6.45) is 0. The number of amides is 1. The molecule has 1 N–H and O–H groups in total. The van der Waals surface area contributed by atoms with Gasteiger partial charge in [-0.3, -0.25) is 15.2 Å². The van der Waals surface area contributed by atoms with Gasteiger partial charge in [0.15, 0.2) is 5.17 Å². The van der Waals surface area contributed by atoms with E-state index >= 15 is 0 Å². The highest BCUT2D eigenvalue weighted by Gasteiger charge is 2.19. The zero-order valence-corrected chi connectivity index (χ0v) is 9.52. The summed E-state index contributed by atoms with van der Waals surface area (Å²) in [5, 5.41) is 2.42. The first-order chi connectivity index (χ1) is 6.50. The van der Waals surface area contributed by atoms with Crippen LogP contribution in [0.5, 0.6) is 0 Å². The van der Waals surface area contributed by atoms with Crippen LogP contribution in [-0.2, 0) is 4.79 Å². The van der Waals surface area contributed by atoms with Crippen LogP contribution >= 0.6 is 11.8 Å². The number of hydrazine groups is 1. The van der Waals surface area contributed by atoms with E-state index in [0.29, 0.717) is 5.92 Å². The Morgan fingerprint density at radius 2 is 2.29 bits per heavy atom. The lowest BCUT2D eigenvalue weighted by Gasteiger charge is -2.25. The summed E-state index contributed by atoms with van der Waals surface area (Å²) in [4.78, 5) is 15.2. The van der Waals surface area contributed by atoms with Gasteiger partial charge in [0, 0.05) is 12.8 Å². The fraction of sp³-hybridized carbons (Fsp3) is 0.556. The van der Waals surface area contributed by atoms with E-state index in [1.165, 1.54) is 0 Å². The van der Waals surface area contributed by atoms with Gasteiger partial charge >= 0.3 is 0 Å². The summed E-state index contributed by atoms with van der Waals surface area (Å²) in [6, 6.07) is 0. The lowest BCUT2D eigenvalue weighted by molar-refractivity contribution is -0.120. The number of rotatable bonds is 2. The SMILES string of the molecule is C=C1N=C(SCC(C)C)N(C)NC1=O. The molecule has 5 heteroatoms. The molecule has 78 valence electrons. The van der Waals surface area contributed by atoms with Crippen molar-refractivity contribution in [3.05, 3.63) is 12.3 Å². The van der Waals surface area contributed by atoms with Crippen LogP contribution < -0.4 is 5.43 Å². The third kappa shape index (κ3) is 2.77. The van der Waals surface area contributed by atoms with Gasteiger partial charge in [-0.05, 0) is 5.92 Å². The zero-order valence-electron chi connectivity index (χ0n) is 8.70. The van der Waals surface area contributed by atoms with E-state index in [1.54, 1.807) is 23.8 Å². The Bertz CT molecular complexity index is 286. The van der Waals surface area contributed by atoms with Crippen molar-refractivity contribution in [2.45, 2.75) is 13.8 Å². The molecule has 0 atom stereocenters. The molecule has 1 aliphatic heterocycles. The molecule has 0 unspecified atom stereocenters. The molecule has 1 rings (SSSR count). The van der Waals surface area contributed by atoms with Gasteiger partial charge in [0.05, 0.1) is 0 Å². The van der Waals surface area contributed by atoms with Crippen LogP contribution in [0.15, 0.2) is 17.3 Å². The van der Waals surface area contributed by atoms with Crippen LogP contribution in [0.4, 0.5) is 0 Å². The lowest BCUT2D eigenvalue weighted by atomic mass is 10.3. The number of nitrogens with zero attached hydrogens (tertiary/aromatic N) is 2. The van der Waals surface area contributed by atoms with Crippen LogP contribution in [-0.4, -0.2) is 28.9 Å². The quantitative estimate of drug-likeness (QED) is 0.701. The molecule has 14 heavy (non-hydrogen) atoms. The minimum absolute atomic E-state index is 0.235. The van der Waals surface area contributed by atoms with Crippen LogP contribution in [0.3, 0.4) is 0 Å². The van der Waals surface area contributed by atoms with Crippen molar-refractivity contribution in [3.8, 4) is 0 Å². The van der Waals surface area contributed by atoms with Gasteiger partial charge in [-0.2, -0.15) is 0 Å². The first-order valence-corrected chi connectivity index (χ1v) is 5.44. The summed E-state index contributed by atoms with van der Waals surface area (Å²) in [5.41, 5.74) is 2.92. The smallest absolute Gasteiger partial charge is 0.266 e. The normalized spacial score (nSPS) is 17.1. The van der Waals surface area contributed by atoms with Gasteiger partial charge in [-0.25, -0.2) is 4.99 Å². The molecule has 1 amide bonds. The average molecular weight is 213 g/mol. The van der Waals surface area contributed by atoms with E-state index in [-0.39, 0.29) is 11.6 Å². The van der Waals surface area contributed by atoms with Gasteiger partial charge < -0.3 is 0 Å². The molecule has 0 spiro atoms. The first kappa shape index (κ1) is 11.1. The van der Waals surface area contributed by atoms with E-state index in [0.717, 1.165) is 10.9 Å². The predicted molar refractivity (Wildman–Crippen MR) is 59.8 cm³/mol. The maximum absolute atomic E-state index is 11.1. The van der Waals surface area contributed by atoms with Gasteiger partial charge in [-0.15, -0.1) is 0 Å². The molecule has 0 aromatic rings. The molecule has 0 radical (unpaired) electrons. The van der Waals surface area contributed by atoms with Gasteiger partial charge in [0.1, 0.15) is 5.70 Å². The van der Waals surface area contributed by atoms with E-state index in [9.17, 15) is 4.79 Å². The van der Waals surface area contributed by atoms with Crippen molar-refractivity contribution in [1.29, 1.82) is 0 Å². The molecule has 0 aliphatic carbocycles. The molecular weight excluding hydrogens is 198 g/mol. The second kappa shape index (κ2) is 4.50. The number of hydrogen-bond acceptors (Lipinski definition) is 4. The minimum atomic E-state index is -0.235. The Kier molecular flexibility index (Phi) is 3.57. The fourth-order valence-electron chi connectivity index (χ4n) is 0.876. The van der Waals surface area contributed by atoms with E-state index < -0.39 is 0 Å². The predicted octanol–water partition coefficient (Wildman–Crippen LogP) is 1.22. The number of aliphatic imine (C=N–C) groups is 1. The molecule has 0 aromatic carbocycles. The monoisotopic (exact) mass is 213 g/mol. The van der Waals surface area contributed by atoms with Gasteiger partial charge in [0.25, 0.3) is 5.91 Å². The highest BCUT2D eigenvalue weighted by atomic mass is 32.2.